The number of carbonyl (C=O) groups excluding carboxylic acids is 2. The number of esters is 1. The lowest BCUT2D eigenvalue weighted by molar-refractivity contribution is -0.253. The average molecular weight is 545 g/mol. The standard InChI is InChI=1S/C24H27F3N2O7S/c1-23(32,24(25,26)27)13-15-37(33,34)28-14-12-20(21(30)35-16-18-8-4-2-5-9-18)29-22(31)36-17-19-10-6-3-7-11-19/h2-11,14,20,32H,12-13,15-17H2,1H3,(H,29,31)/b28-14+. The van der Waals surface area contributed by atoms with Gasteiger partial charge in [-0.15, -0.1) is 0 Å². The van der Waals surface area contributed by atoms with Gasteiger partial charge in [0.05, 0.1) is 5.75 Å². The molecule has 0 saturated carbocycles. The fourth-order valence-corrected chi connectivity index (χ4v) is 3.81. The Morgan fingerprint density at radius 2 is 1.51 bits per heavy atom. The second-order valence-electron chi connectivity index (χ2n) is 8.18. The minimum absolute atomic E-state index is 0.0972. The Labute approximate surface area is 212 Å². The Kier molecular flexibility index (Phi) is 10.6. The SMILES string of the molecule is CC(O)(CCS(=O)(=O)/N=C/CC(NC(=O)OCc1ccccc1)C(=O)OCc1ccccc1)C(F)(F)F. The van der Waals surface area contributed by atoms with Gasteiger partial charge in [0, 0.05) is 19.1 Å². The highest BCUT2D eigenvalue weighted by atomic mass is 32.2. The number of carbonyl (C=O) groups is 2. The van der Waals surface area contributed by atoms with Gasteiger partial charge in [0.2, 0.25) is 0 Å². The lowest BCUT2D eigenvalue weighted by atomic mass is 10.0. The predicted octanol–water partition coefficient (Wildman–Crippen LogP) is 3.52. The van der Waals surface area contributed by atoms with Gasteiger partial charge in [-0.05, 0) is 18.1 Å². The Hall–Kier alpha value is -3.45. The number of alkyl halides is 3. The molecule has 9 nitrogen and oxygen atoms in total. The molecule has 0 spiro atoms. The zero-order chi connectivity index (χ0) is 27.5. The van der Waals surface area contributed by atoms with Crippen LogP contribution in [0.25, 0.3) is 0 Å². The van der Waals surface area contributed by atoms with E-state index in [-0.39, 0.29) is 13.2 Å². The fourth-order valence-electron chi connectivity index (χ4n) is 2.73. The first-order chi connectivity index (χ1) is 17.3. The van der Waals surface area contributed by atoms with E-state index >= 15 is 0 Å². The predicted molar refractivity (Wildman–Crippen MR) is 128 cm³/mol. The van der Waals surface area contributed by atoms with E-state index in [1.807, 2.05) is 0 Å². The van der Waals surface area contributed by atoms with Crippen LogP contribution in [0.5, 0.6) is 0 Å². The molecule has 0 bridgehead atoms. The van der Waals surface area contributed by atoms with Crippen LogP contribution in [0, 0.1) is 0 Å². The van der Waals surface area contributed by atoms with Gasteiger partial charge < -0.3 is 19.9 Å². The van der Waals surface area contributed by atoms with Crippen molar-refractivity contribution in [2.45, 2.75) is 50.8 Å². The van der Waals surface area contributed by atoms with Crippen molar-refractivity contribution in [2.24, 2.45) is 4.40 Å². The molecule has 2 unspecified atom stereocenters. The molecule has 0 heterocycles. The zero-order valence-corrected chi connectivity index (χ0v) is 20.7. The van der Waals surface area contributed by atoms with Gasteiger partial charge in [-0.3, -0.25) is 0 Å². The molecule has 0 fully saturated rings. The van der Waals surface area contributed by atoms with E-state index < -0.39 is 58.5 Å². The lowest BCUT2D eigenvalue weighted by Gasteiger charge is -2.25. The molecule has 0 saturated heterocycles. The number of hydrogen-bond acceptors (Lipinski definition) is 7. The molecule has 13 heteroatoms. The van der Waals surface area contributed by atoms with Crippen LogP contribution >= 0.6 is 0 Å². The topological polar surface area (TPSA) is 131 Å². The highest BCUT2D eigenvalue weighted by Crippen LogP contribution is 2.32. The summed E-state index contributed by atoms with van der Waals surface area (Å²) in [6.07, 6.45) is -6.83. The van der Waals surface area contributed by atoms with Crippen LogP contribution in [0.2, 0.25) is 0 Å². The highest BCUT2D eigenvalue weighted by Gasteiger charge is 2.49. The van der Waals surface area contributed by atoms with Crippen molar-refractivity contribution in [1.29, 1.82) is 0 Å². The monoisotopic (exact) mass is 544 g/mol. The minimum Gasteiger partial charge on any atom is -0.459 e. The molecule has 0 aliphatic rings. The van der Waals surface area contributed by atoms with Gasteiger partial charge in [-0.1, -0.05) is 60.7 Å². The number of sulfonamides is 1. The number of nitrogens with one attached hydrogen (secondary N) is 1. The van der Waals surface area contributed by atoms with Crippen molar-refractivity contribution < 1.29 is 45.8 Å². The Morgan fingerprint density at radius 3 is 2.03 bits per heavy atom. The maximum Gasteiger partial charge on any atom is 0.416 e. The fraction of sp³-hybridized carbons (Fsp3) is 0.375. The summed E-state index contributed by atoms with van der Waals surface area (Å²) >= 11 is 0. The molecule has 2 aromatic rings. The van der Waals surface area contributed by atoms with E-state index in [0.717, 1.165) is 6.21 Å². The van der Waals surface area contributed by atoms with Gasteiger partial charge in [0.15, 0.2) is 5.60 Å². The van der Waals surface area contributed by atoms with Crippen LogP contribution in [-0.2, 0) is 37.5 Å². The van der Waals surface area contributed by atoms with E-state index in [1.54, 1.807) is 60.7 Å². The maximum atomic E-state index is 12.8. The molecular formula is C24H27F3N2O7S. The Balaban J connectivity index is 2.02. The summed E-state index contributed by atoms with van der Waals surface area (Å²) in [5.74, 6) is -2.00. The summed E-state index contributed by atoms with van der Waals surface area (Å²) in [7, 11) is -4.41. The molecule has 0 aromatic heterocycles. The molecule has 0 radical (unpaired) electrons. The number of hydrogen-bond donors (Lipinski definition) is 2. The quantitative estimate of drug-likeness (QED) is 0.309. The number of aliphatic hydroxyl groups is 1. The molecular weight excluding hydrogens is 517 g/mol. The van der Waals surface area contributed by atoms with Crippen molar-refractivity contribution in [2.75, 3.05) is 5.75 Å². The van der Waals surface area contributed by atoms with Crippen LogP contribution in [0.15, 0.2) is 65.1 Å². The minimum atomic E-state index is -5.02. The summed E-state index contributed by atoms with van der Waals surface area (Å²) in [5.41, 5.74) is -1.87. The van der Waals surface area contributed by atoms with Gasteiger partial charge in [-0.25, -0.2) is 18.0 Å². The first-order valence-corrected chi connectivity index (χ1v) is 12.6. The molecule has 0 aliphatic carbocycles. The molecule has 202 valence electrons. The number of ether oxygens (including phenoxy) is 2. The number of amides is 1. The van der Waals surface area contributed by atoms with E-state index in [4.69, 9.17) is 9.47 Å². The number of alkyl carbamates (subject to hydrolysis) is 1. The van der Waals surface area contributed by atoms with Gasteiger partial charge in [-0.2, -0.15) is 17.6 Å². The van der Waals surface area contributed by atoms with E-state index in [9.17, 15) is 36.3 Å². The normalized spacial score (nSPS) is 14.5. The van der Waals surface area contributed by atoms with Crippen molar-refractivity contribution in [1.82, 2.24) is 5.32 Å². The van der Waals surface area contributed by atoms with E-state index in [0.29, 0.717) is 18.1 Å². The third kappa shape index (κ3) is 10.6. The third-order valence-corrected chi connectivity index (χ3v) is 6.24. The van der Waals surface area contributed by atoms with Crippen molar-refractivity contribution in [3.05, 3.63) is 71.8 Å². The number of nitrogens with zero attached hydrogens (tertiary/aromatic N) is 1. The maximum absolute atomic E-state index is 12.8. The van der Waals surface area contributed by atoms with Gasteiger partial charge >= 0.3 is 18.2 Å². The van der Waals surface area contributed by atoms with Gasteiger partial charge in [0.1, 0.15) is 19.3 Å². The van der Waals surface area contributed by atoms with Crippen molar-refractivity contribution in [3.8, 4) is 0 Å². The Morgan fingerprint density at radius 1 is 1.00 bits per heavy atom. The highest BCUT2D eigenvalue weighted by molar-refractivity contribution is 7.90. The number of halogens is 3. The zero-order valence-electron chi connectivity index (χ0n) is 19.8. The van der Waals surface area contributed by atoms with Crippen LogP contribution in [-0.4, -0.2) is 55.4 Å². The lowest BCUT2D eigenvalue weighted by Crippen LogP contribution is -2.43. The molecule has 1 amide bonds. The van der Waals surface area contributed by atoms with Crippen LogP contribution in [0.1, 0.15) is 30.9 Å². The van der Waals surface area contributed by atoms with E-state index in [2.05, 4.69) is 9.71 Å². The first kappa shape index (κ1) is 29.8. The second kappa shape index (κ2) is 13.2. The summed E-state index contributed by atoms with van der Waals surface area (Å²) in [5, 5.41) is 11.7. The number of rotatable bonds is 12. The summed E-state index contributed by atoms with van der Waals surface area (Å²) < 4.78 is 75.9. The van der Waals surface area contributed by atoms with Gasteiger partial charge in [0.25, 0.3) is 10.0 Å². The molecule has 2 N–H and O–H groups in total. The van der Waals surface area contributed by atoms with E-state index in [1.165, 1.54) is 0 Å². The third-order valence-electron chi connectivity index (χ3n) is 5.05. The Bertz CT molecular complexity index is 1160. The summed E-state index contributed by atoms with van der Waals surface area (Å²) in [6, 6.07) is 15.9. The molecule has 0 aliphatic heterocycles. The molecule has 2 atom stereocenters. The van der Waals surface area contributed by atoms with Crippen LogP contribution in [0.3, 0.4) is 0 Å². The second-order valence-corrected chi connectivity index (χ2v) is 9.97. The summed E-state index contributed by atoms with van der Waals surface area (Å²) in [4.78, 5) is 24.8. The number of benzene rings is 2. The molecule has 2 aromatic carbocycles. The smallest absolute Gasteiger partial charge is 0.416 e. The van der Waals surface area contributed by atoms with Crippen LogP contribution < -0.4 is 5.32 Å². The first-order valence-electron chi connectivity index (χ1n) is 11.0. The largest absolute Gasteiger partial charge is 0.459 e. The van der Waals surface area contributed by atoms with Crippen molar-refractivity contribution in [3.63, 3.8) is 0 Å². The molecule has 37 heavy (non-hydrogen) atoms. The molecule has 2 rings (SSSR count). The van der Waals surface area contributed by atoms with Crippen LogP contribution in [0.4, 0.5) is 18.0 Å². The summed E-state index contributed by atoms with van der Waals surface area (Å²) in [6.45, 7) is 0.231. The average Bonchev–Trinajstić information content (AvgIpc) is 2.85. The van der Waals surface area contributed by atoms with Crippen molar-refractivity contribution >= 4 is 28.3 Å².